The number of nitrogens with zero attached hydrogens (tertiary/aromatic N) is 1. The first-order chi connectivity index (χ1) is 13.2. The highest BCUT2D eigenvalue weighted by Crippen LogP contribution is 2.33. The molecule has 4 unspecified atom stereocenters. The van der Waals surface area contributed by atoms with Crippen LogP contribution >= 0.6 is 36.4 Å². The van der Waals surface area contributed by atoms with E-state index in [1.165, 1.54) is 31.2 Å². The Labute approximate surface area is 191 Å². The number of hydrogen-bond acceptors (Lipinski definition) is 4. The zero-order valence-corrected chi connectivity index (χ0v) is 19.0. The number of rotatable bonds is 5. The Morgan fingerprint density at radius 1 is 1.17 bits per heavy atom. The second-order valence-corrected chi connectivity index (χ2v) is 8.50. The summed E-state index contributed by atoms with van der Waals surface area (Å²) < 4.78 is 5.51. The third kappa shape index (κ3) is 6.22. The van der Waals surface area contributed by atoms with Crippen LogP contribution in [0.4, 0.5) is 0 Å². The van der Waals surface area contributed by atoms with Crippen molar-refractivity contribution in [1.29, 1.82) is 0 Å². The van der Waals surface area contributed by atoms with Crippen LogP contribution in [0.1, 0.15) is 43.7 Å². The van der Waals surface area contributed by atoms with Crippen LogP contribution in [-0.2, 0) is 9.53 Å². The number of carbonyl (C=O) groups excluding carboxylic acids is 1. The second-order valence-electron chi connectivity index (χ2n) is 8.07. The molecular weight excluding hydrogens is 433 g/mol. The zero-order valence-electron chi connectivity index (χ0n) is 16.6. The van der Waals surface area contributed by atoms with E-state index in [1.54, 1.807) is 0 Å². The molecule has 2 aliphatic heterocycles. The van der Waals surface area contributed by atoms with Crippen LogP contribution in [0.3, 0.4) is 0 Å². The van der Waals surface area contributed by atoms with Crippen molar-refractivity contribution in [3.05, 3.63) is 34.9 Å². The number of hydrogen-bond donors (Lipinski definition) is 2. The lowest BCUT2D eigenvalue weighted by Crippen LogP contribution is -2.47. The molecule has 0 radical (unpaired) electrons. The van der Waals surface area contributed by atoms with E-state index >= 15 is 0 Å². The minimum Gasteiger partial charge on any atom is -0.379 e. The van der Waals surface area contributed by atoms with Gasteiger partial charge in [0.05, 0.1) is 25.3 Å². The van der Waals surface area contributed by atoms with Gasteiger partial charge in [0, 0.05) is 30.7 Å². The van der Waals surface area contributed by atoms with Crippen molar-refractivity contribution in [2.45, 2.75) is 50.2 Å². The first-order valence-corrected chi connectivity index (χ1v) is 10.7. The van der Waals surface area contributed by atoms with Gasteiger partial charge in [-0.1, -0.05) is 36.6 Å². The summed E-state index contributed by atoms with van der Waals surface area (Å²) in [5.41, 5.74) is 1.19. The van der Waals surface area contributed by atoms with Crippen molar-refractivity contribution in [3.63, 3.8) is 0 Å². The summed E-state index contributed by atoms with van der Waals surface area (Å²) in [6, 6.07) is 8.65. The van der Waals surface area contributed by atoms with Gasteiger partial charge < -0.3 is 15.4 Å². The van der Waals surface area contributed by atoms with E-state index in [9.17, 15) is 4.79 Å². The van der Waals surface area contributed by atoms with Gasteiger partial charge in [-0.2, -0.15) is 0 Å². The summed E-state index contributed by atoms with van der Waals surface area (Å²) in [4.78, 5) is 15.2. The molecule has 0 bridgehead atoms. The largest absolute Gasteiger partial charge is 0.379 e. The van der Waals surface area contributed by atoms with Crippen LogP contribution in [0.2, 0.25) is 5.02 Å². The van der Waals surface area contributed by atoms with Gasteiger partial charge in [-0.25, -0.2) is 0 Å². The van der Waals surface area contributed by atoms with Crippen LogP contribution < -0.4 is 10.6 Å². The maximum Gasteiger partial charge on any atom is 0.237 e. The van der Waals surface area contributed by atoms with E-state index in [-0.39, 0.29) is 42.8 Å². The van der Waals surface area contributed by atoms with Gasteiger partial charge in [-0.05, 0) is 42.9 Å². The summed E-state index contributed by atoms with van der Waals surface area (Å²) in [6.45, 7) is 3.87. The minimum absolute atomic E-state index is 0. The highest BCUT2D eigenvalue weighted by atomic mass is 35.5. The quantitative estimate of drug-likeness (QED) is 0.699. The maximum atomic E-state index is 12.8. The maximum absolute atomic E-state index is 12.8. The van der Waals surface area contributed by atoms with Crippen LogP contribution in [-0.4, -0.2) is 55.7 Å². The summed E-state index contributed by atoms with van der Waals surface area (Å²) >= 11 is 6.06. The van der Waals surface area contributed by atoms with Gasteiger partial charge in [-0.15, -0.1) is 24.8 Å². The lowest BCUT2D eigenvalue weighted by atomic mass is 9.85. The van der Waals surface area contributed by atoms with Crippen molar-refractivity contribution in [2.75, 3.05) is 32.8 Å². The fourth-order valence-electron chi connectivity index (χ4n) is 4.87. The van der Waals surface area contributed by atoms with Crippen LogP contribution in [0.5, 0.6) is 0 Å². The molecule has 3 aliphatic rings. The van der Waals surface area contributed by atoms with Crippen LogP contribution in [0, 0.1) is 5.92 Å². The fourth-order valence-corrected chi connectivity index (χ4v) is 5.00. The third-order valence-electron chi connectivity index (χ3n) is 6.39. The SMILES string of the molecule is Cl.Cl.O=C(NCC(c1ccc(Cl)cc1)N1CCOCC1)C1CC2CCCCC2N1. The number of benzene rings is 1. The van der Waals surface area contributed by atoms with Crippen molar-refractivity contribution in [1.82, 2.24) is 15.5 Å². The molecule has 4 atom stereocenters. The molecule has 8 heteroatoms. The van der Waals surface area contributed by atoms with Gasteiger partial charge in [0.1, 0.15) is 0 Å². The Bertz CT molecular complexity index is 627. The van der Waals surface area contributed by atoms with Crippen molar-refractivity contribution >= 4 is 42.3 Å². The average Bonchev–Trinajstić information content (AvgIpc) is 3.14. The van der Waals surface area contributed by atoms with E-state index in [1.807, 2.05) is 12.1 Å². The fraction of sp³-hybridized carbons (Fsp3) is 0.667. The molecule has 2 N–H and O–H groups in total. The van der Waals surface area contributed by atoms with Gasteiger partial charge in [0.15, 0.2) is 0 Å². The Morgan fingerprint density at radius 3 is 2.55 bits per heavy atom. The first kappa shape index (κ1) is 24.7. The molecule has 1 amide bonds. The van der Waals surface area contributed by atoms with E-state index < -0.39 is 0 Å². The van der Waals surface area contributed by atoms with Gasteiger partial charge in [0.25, 0.3) is 0 Å². The average molecular weight is 465 g/mol. The standard InChI is InChI=1S/C21H30ClN3O2.2ClH/c22-17-7-5-15(6-8-17)20(25-9-11-27-12-10-25)14-23-21(26)19-13-16-3-1-2-4-18(16)24-19;;/h5-8,16,18-20,24H,1-4,9-14H2,(H,23,26);2*1H. The molecule has 3 fully saturated rings. The molecule has 5 nitrogen and oxygen atoms in total. The number of halogens is 3. The van der Waals surface area contributed by atoms with Gasteiger partial charge >= 0.3 is 0 Å². The van der Waals surface area contributed by atoms with Crippen LogP contribution in [0.25, 0.3) is 0 Å². The lowest BCUT2D eigenvalue weighted by molar-refractivity contribution is -0.123. The highest BCUT2D eigenvalue weighted by Gasteiger charge is 2.38. The predicted molar refractivity (Wildman–Crippen MR) is 121 cm³/mol. The smallest absolute Gasteiger partial charge is 0.237 e. The summed E-state index contributed by atoms with van der Waals surface area (Å²) in [5.74, 6) is 0.831. The number of amides is 1. The van der Waals surface area contributed by atoms with Crippen molar-refractivity contribution < 1.29 is 9.53 Å². The molecule has 4 rings (SSSR count). The highest BCUT2D eigenvalue weighted by molar-refractivity contribution is 6.30. The lowest BCUT2D eigenvalue weighted by Gasteiger charge is -2.35. The number of nitrogens with one attached hydrogen (secondary N) is 2. The minimum atomic E-state index is -0.0337. The molecular formula is C21H32Cl3N3O2. The van der Waals surface area contributed by atoms with E-state index in [0.717, 1.165) is 37.7 Å². The molecule has 1 aliphatic carbocycles. The number of fused-ring (bicyclic) bond motifs is 1. The predicted octanol–water partition coefficient (Wildman–Crippen LogP) is 3.59. The van der Waals surface area contributed by atoms with Crippen LogP contribution in [0.15, 0.2) is 24.3 Å². The normalized spacial score (nSPS) is 27.8. The summed E-state index contributed by atoms with van der Waals surface area (Å²) in [5, 5.41) is 7.55. The Morgan fingerprint density at radius 2 is 1.86 bits per heavy atom. The molecule has 2 heterocycles. The molecule has 0 spiro atoms. The molecule has 1 aromatic rings. The van der Waals surface area contributed by atoms with E-state index in [2.05, 4.69) is 27.7 Å². The van der Waals surface area contributed by atoms with E-state index in [0.29, 0.717) is 18.5 Å². The first-order valence-electron chi connectivity index (χ1n) is 10.3. The van der Waals surface area contributed by atoms with Gasteiger partial charge in [-0.3, -0.25) is 9.69 Å². The Kier molecular flexibility index (Phi) is 9.99. The zero-order chi connectivity index (χ0) is 18.6. The molecule has 1 aromatic carbocycles. The molecule has 164 valence electrons. The number of carbonyl (C=O) groups is 1. The number of morpholine rings is 1. The topological polar surface area (TPSA) is 53.6 Å². The summed E-state index contributed by atoms with van der Waals surface area (Å²) in [6.07, 6.45) is 6.07. The van der Waals surface area contributed by atoms with Crippen molar-refractivity contribution in [3.8, 4) is 0 Å². The third-order valence-corrected chi connectivity index (χ3v) is 6.64. The monoisotopic (exact) mass is 463 g/mol. The number of ether oxygens (including phenoxy) is 1. The second kappa shape index (κ2) is 11.7. The molecule has 0 aromatic heterocycles. The summed E-state index contributed by atoms with van der Waals surface area (Å²) in [7, 11) is 0. The molecule has 1 saturated carbocycles. The van der Waals surface area contributed by atoms with Crippen molar-refractivity contribution in [2.24, 2.45) is 5.92 Å². The molecule has 2 saturated heterocycles. The Balaban J connectivity index is 0.00000150. The Hall–Kier alpha value is -0.560. The molecule has 29 heavy (non-hydrogen) atoms. The van der Waals surface area contributed by atoms with E-state index in [4.69, 9.17) is 16.3 Å². The van der Waals surface area contributed by atoms with Gasteiger partial charge in [0.2, 0.25) is 5.91 Å².